The lowest BCUT2D eigenvalue weighted by Gasteiger charge is -2.36. The van der Waals surface area contributed by atoms with Gasteiger partial charge in [-0.05, 0) is 38.2 Å². The maximum absolute atomic E-state index is 13.1. The second-order valence-corrected chi connectivity index (χ2v) is 4.56. The zero-order valence-electron chi connectivity index (χ0n) is 8.69. The van der Waals surface area contributed by atoms with Crippen LogP contribution in [0.5, 0.6) is 0 Å². The van der Waals surface area contributed by atoms with Crippen molar-refractivity contribution in [2.24, 2.45) is 0 Å². The topological polar surface area (TPSA) is 16.1 Å². The fraction of sp³-hybridized carbons (Fsp3) is 0.583. The number of piperidine rings is 1. The summed E-state index contributed by atoms with van der Waals surface area (Å²) in [5, 5.41) is 0. The Morgan fingerprint density at radius 3 is 2.60 bits per heavy atom. The highest BCUT2D eigenvalue weighted by Gasteiger charge is 2.36. The lowest BCUT2D eigenvalue weighted by molar-refractivity contribution is 0.466. The molecule has 2 bridgehead atoms. The Hall–Kier alpha value is -1.12. The first kappa shape index (κ1) is 9.13. The quantitative estimate of drug-likeness (QED) is 0.657. The molecular formula is C12H15FN2. The van der Waals surface area contributed by atoms with Gasteiger partial charge in [-0.1, -0.05) is 0 Å². The maximum Gasteiger partial charge on any atom is 0.214 e. The van der Waals surface area contributed by atoms with E-state index in [1.165, 1.54) is 32.1 Å². The van der Waals surface area contributed by atoms with E-state index in [0.717, 1.165) is 5.69 Å². The monoisotopic (exact) mass is 206 g/mol. The molecule has 0 saturated carbocycles. The van der Waals surface area contributed by atoms with E-state index in [9.17, 15) is 4.39 Å². The average Bonchev–Trinajstić information content (AvgIpc) is 2.49. The number of fused-ring (bicyclic) bond motifs is 2. The molecule has 3 heteroatoms. The summed E-state index contributed by atoms with van der Waals surface area (Å²) in [7, 11) is 0. The minimum absolute atomic E-state index is 0.363. The fourth-order valence-electron chi connectivity index (χ4n) is 3.09. The molecular weight excluding hydrogens is 191 g/mol. The lowest BCUT2D eigenvalue weighted by atomic mass is 10.0. The Balaban J connectivity index is 1.93. The molecule has 2 aliphatic rings. The van der Waals surface area contributed by atoms with Crippen molar-refractivity contribution >= 4 is 5.69 Å². The van der Waals surface area contributed by atoms with Gasteiger partial charge in [-0.2, -0.15) is 4.39 Å². The average molecular weight is 206 g/mol. The van der Waals surface area contributed by atoms with Crippen molar-refractivity contribution in [3.8, 4) is 0 Å². The van der Waals surface area contributed by atoms with Gasteiger partial charge in [-0.3, -0.25) is 0 Å². The van der Waals surface area contributed by atoms with Gasteiger partial charge in [0.25, 0.3) is 0 Å². The van der Waals surface area contributed by atoms with Crippen LogP contribution in [-0.2, 0) is 0 Å². The lowest BCUT2D eigenvalue weighted by Crippen LogP contribution is -2.39. The molecule has 1 aromatic heterocycles. The van der Waals surface area contributed by atoms with E-state index in [4.69, 9.17) is 0 Å². The molecule has 1 aromatic rings. The van der Waals surface area contributed by atoms with Crippen LogP contribution in [0.2, 0.25) is 0 Å². The van der Waals surface area contributed by atoms with Crippen molar-refractivity contribution in [2.75, 3.05) is 4.90 Å². The molecule has 80 valence electrons. The van der Waals surface area contributed by atoms with Crippen LogP contribution in [0.1, 0.15) is 32.1 Å². The number of halogens is 1. The molecule has 0 radical (unpaired) electrons. The Bertz CT molecular complexity index is 350. The summed E-state index contributed by atoms with van der Waals surface area (Å²) >= 11 is 0. The van der Waals surface area contributed by atoms with Crippen molar-refractivity contribution in [1.29, 1.82) is 0 Å². The SMILES string of the molecule is Fc1cc(N2C3CCCC2CC3)ccn1. The van der Waals surface area contributed by atoms with Gasteiger partial charge in [-0.15, -0.1) is 0 Å². The van der Waals surface area contributed by atoms with E-state index < -0.39 is 0 Å². The third kappa shape index (κ3) is 1.50. The number of hydrogen-bond acceptors (Lipinski definition) is 2. The molecule has 2 saturated heterocycles. The Kier molecular flexibility index (Phi) is 2.11. The molecule has 0 aliphatic carbocycles. The van der Waals surface area contributed by atoms with Crippen LogP contribution in [0.25, 0.3) is 0 Å². The molecule has 2 fully saturated rings. The van der Waals surface area contributed by atoms with Crippen LogP contribution >= 0.6 is 0 Å². The van der Waals surface area contributed by atoms with E-state index in [1.54, 1.807) is 12.3 Å². The van der Waals surface area contributed by atoms with Gasteiger partial charge in [0.1, 0.15) is 0 Å². The van der Waals surface area contributed by atoms with Crippen LogP contribution in [0.3, 0.4) is 0 Å². The van der Waals surface area contributed by atoms with E-state index in [0.29, 0.717) is 12.1 Å². The van der Waals surface area contributed by atoms with E-state index in [-0.39, 0.29) is 5.95 Å². The highest BCUT2D eigenvalue weighted by atomic mass is 19.1. The predicted octanol–water partition coefficient (Wildman–Crippen LogP) is 2.74. The fourth-order valence-corrected chi connectivity index (χ4v) is 3.09. The van der Waals surface area contributed by atoms with E-state index in [1.807, 2.05) is 6.07 Å². The minimum atomic E-state index is -0.363. The molecule has 3 rings (SSSR count). The van der Waals surface area contributed by atoms with Crippen LogP contribution in [0.4, 0.5) is 10.1 Å². The summed E-state index contributed by atoms with van der Waals surface area (Å²) in [5.74, 6) is -0.363. The molecule has 0 aromatic carbocycles. The summed E-state index contributed by atoms with van der Waals surface area (Å²) in [6.07, 6.45) is 7.97. The van der Waals surface area contributed by atoms with Gasteiger partial charge < -0.3 is 4.90 Å². The Morgan fingerprint density at radius 1 is 1.20 bits per heavy atom. The maximum atomic E-state index is 13.1. The summed E-state index contributed by atoms with van der Waals surface area (Å²) in [5.41, 5.74) is 1.02. The van der Waals surface area contributed by atoms with Gasteiger partial charge in [0.05, 0.1) is 0 Å². The van der Waals surface area contributed by atoms with Crippen molar-refractivity contribution in [1.82, 2.24) is 4.98 Å². The number of hydrogen-bond donors (Lipinski definition) is 0. The Morgan fingerprint density at radius 2 is 1.93 bits per heavy atom. The summed E-state index contributed by atoms with van der Waals surface area (Å²) in [6, 6.07) is 4.78. The van der Waals surface area contributed by atoms with Gasteiger partial charge in [0, 0.05) is 30.0 Å². The molecule has 2 aliphatic heterocycles. The third-order valence-corrected chi connectivity index (χ3v) is 3.70. The normalized spacial score (nSPS) is 29.5. The van der Waals surface area contributed by atoms with Gasteiger partial charge >= 0.3 is 0 Å². The summed E-state index contributed by atoms with van der Waals surface area (Å²) in [6.45, 7) is 0. The standard InChI is InChI=1S/C12H15FN2/c13-12-8-11(6-7-14-12)15-9-2-1-3-10(15)5-4-9/h6-10H,1-5H2. The number of nitrogens with zero attached hydrogens (tertiary/aromatic N) is 2. The van der Waals surface area contributed by atoms with Crippen molar-refractivity contribution in [3.63, 3.8) is 0 Å². The molecule has 0 N–H and O–H groups in total. The summed E-state index contributed by atoms with van der Waals surface area (Å²) in [4.78, 5) is 6.02. The minimum Gasteiger partial charge on any atom is -0.365 e. The number of aromatic nitrogens is 1. The molecule has 2 unspecified atom stereocenters. The van der Waals surface area contributed by atoms with Crippen molar-refractivity contribution < 1.29 is 4.39 Å². The zero-order valence-corrected chi connectivity index (χ0v) is 8.69. The van der Waals surface area contributed by atoms with Gasteiger partial charge in [0.2, 0.25) is 5.95 Å². The second kappa shape index (κ2) is 3.47. The molecule has 2 atom stereocenters. The first-order chi connectivity index (χ1) is 7.34. The van der Waals surface area contributed by atoms with Crippen LogP contribution < -0.4 is 4.90 Å². The van der Waals surface area contributed by atoms with Crippen LogP contribution in [0.15, 0.2) is 18.3 Å². The zero-order chi connectivity index (χ0) is 10.3. The predicted molar refractivity (Wildman–Crippen MR) is 57.3 cm³/mol. The Labute approximate surface area is 89.1 Å². The molecule has 15 heavy (non-hydrogen) atoms. The largest absolute Gasteiger partial charge is 0.365 e. The van der Waals surface area contributed by atoms with E-state index >= 15 is 0 Å². The highest BCUT2D eigenvalue weighted by Crippen LogP contribution is 2.38. The van der Waals surface area contributed by atoms with Gasteiger partial charge in [0.15, 0.2) is 0 Å². The number of anilines is 1. The first-order valence-corrected chi connectivity index (χ1v) is 5.74. The third-order valence-electron chi connectivity index (χ3n) is 3.70. The summed E-state index contributed by atoms with van der Waals surface area (Å²) < 4.78 is 13.1. The molecule has 3 heterocycles. The van der Waals surface area contributed by atoms with Crippen LogP contribution in [-0.4, -0.2) is 17.1 Å². The van der Waals surface area contributed by atoms with Gasteiger partial charge in [-0.25, -0.2) is 4.98 Å². The molecule has 0 amide bonds. The number of pyridine rings is 1. The van der Waals surface area contributed by atoms with Crippen molar-refractivity contribution in [2.45, 2.75) is 44.2 Å². The highest BCUT2D eigenvalue weighted by molar-refractivity contribution is 5.49. The number of rotatable bonds is 1. The first-order valence-electron chi connectivity index (χ1n) is 5.74. The van der Waals surface area contributed by atoms with Crippen LogP contribution in [0, 0.1) is 5.95 Å². The van der Waals surface area contributed by atoms with E-state index in [2.05, 4.69) is 9.88 Å². The smallest absolute Gasteiger partial charge is 0.214 e. The molecule has 2 nitrogen and oxygen atoms in total. The van der Waals surface area contributed by atoms with Crippen molar-refractivity contribution in [3.05, 3.63) is 24.3 Å². The second-order valence-electron chi connectivity index (χ2n) is 4.56. The molecule has 0 spiro atoms.